The quantitative estimate of drug-likeness (QED) is 0.779. The van der Waals surface area contributed by atoms with Crippen LogP contribution in [0.15, 0.2) is 0 Å². The van der Waals surface area contributed by atoms with Gasteiger partial charge in [-0.25, -0.2) is 4.79 Å². The predicted octanol–water partition coefficient (Wildman–Crippen LogP) is 2.13. The molecule has 1 saturated carbocycles. The van der Waals surface area contributed by atoms with E-state index in [1.54, 1.807) is 6.92 Å². The zero-order valence-electron chi connectivity index (χ0n) is 8.60. The van der Waals surface area contributed by atoms with Crippen LogP contribution in [0.4, 0.5) is 18.0 Å². The molecule has 6 heteroatoms. The van der Waals surface area contributed by atoms with Crippen LogP contribution in [0, 0.1) is 0 Å². The first-order chi connectivity index (χ1) is 6.92. The minimum Gasteiger partial charge on any atom is -0.335 e. The molecule has 1 N–H and O–H groups in total. The second kappa shape index (κ2) is 4.72. The Hall–Kier alpha value is -0.940. The van der Waals surface area contributed by atoms with Crippen LogP contribution in [-0.2, 0) is 0 Å². The average molecular weight is 224 g/mol. The van der Waals surface area contributed by atoms with Gasteiger partial charge in [0.1, 0.15) is 6.54 Å². The molecule has 0 aromatic carbocycles. The third kappa shape index (κ3) is 4.90. The van der Waals surface area contributed by atoms with E-state index in [2.05, 4.69) is 5.32 Å². The average Bonchev–Trinajstić information content (AvgIpc) is 2.85. The van der Waals surface area contributed by atoms with Crippen LogP contribution in [0.3, 0.4) is 0 Å². The van der Waals surface area contributed by atoms with Crippen molar-refractivity contribution in [3.63, 3.8) is 0 Å². The smallest absolute Gasteiger partial charge is 0.335 e. The van der Waals surface area contributed by atoms with Gasteiger partial charge in [0.05, 0.1) is 0 Å². The maximum atomic E-state index is 12.1. The van der Waals surface area contributed by atoms with Crippen molar-refractivity contribution in [3.05, 3.63) is 0 Å². The standard InChI is InChI=1S/C9H15F3N2O/c1-2-5-14(6-9(10,11)12)8(15)13-7-3-4-7/h7H,2-6H2,1H3,(H,13,15). The topological polar surface area (TPSA) is 32.3 Å². The zero-order chi connectivity index (χ0) is 11.5. The second-order valence-corrected chi connectivity index (χ2v) is 3.76. The molecule has 2 amide bonds. The Bertz CT molecular complexity index is 226. The summed E-state index contributed by atoms with van der Waals surface area (Å²) in [6.45, 7) is 0.714. The van der Waals surface area contributed by atoms with E-state index in [1.165, 1.54) is 0 Å². The Labute approximate surface area is 86.6 Å². The van der Waals surface area contributed by atoms with Crippen molar-refractivity contribution < 1.29 is 18.0 Å². The van der Waals surface area contributed by atoms with E-state index < -0.39 is 18.8 Å². The largest absolute Gasteiger partial charge is 0.406 e. The molecule has 1 fully saturated rings. The summed E-state index contributed by atoms with van der Waals surface area (Å²) in [5.41, 5.74) is 0. The van der Waals surface area contributed by atoms with E-state index in [4.69, 9.17) is 0 Å². The fourth-order valence-electron chi connectivity index (χ4n) is 1.23. The van der Waals surface area contributed by atoms with E-state index in [-0.39, 0.29) is 12.6 Å². The summed E-state index contributed by atoms with van der Waals surface area (Å²) < 4.78 is 36.4. The van der Waals surface area contributed by atoms with E-state index in [0.29, 0.717) is 6.42 Å². The molecule has 0 bridgehead atoms. The lowest BCUT2D eigenvalue weighted by atomic mass is 10.4. The van der Waals surface area contributed by atoms with E-state index in [9.17, 15) is 18.0 Å². The third-order valence-corrected chi connectivity index (χ3v) is 2.06. The van der Waals surface area contributed by atoms with Gasteiger partial charge in [0.25, 0.3) is 0 Å². The monoisotopic (exact) mass is 224 g/mol. The summed E-state index contributed by atoms with van der Waals surface area (Å²) in [5, 5.41) is 2.55. The lowest BCUT2D eigenvalue weighted by molar-refractivity contribution is -0.140. The van der Waals surface area contributed by atoms with Crippen LogP contribution in [0.25, 0.3) is 0 Å². The Morgan fingerprint density at radius 3 is 2.47 bits per heavy atom. The number of carbonyl (C=O) groups is 1. The minimum absolute atomic E-state index is 0.0880. The first-order valence-electron chi connectivity index (χ1n) is 5.04. The van der Waals surface area contributed by atoms with Gasteiger partial charge in [-0.3, -0.25) is 0 Å². The molecule has 1 aliphatic rings. The number of urea groups is 1. The number of rotatable bonds is 4. The highest BCUT2D eigenvalue weighted by molar-refractivity contribution is 5.74. The fourth-order valence-corrected chi connectivity index (χ4v) is 1.23. The highest BCUT2D eigenvalue weighted by atomic mass is 19.4. The minimum atomic E-state index is -4.32. The number of halogens is 3. The predicted molar refractivity (Wildman–Crippen MR) is 49.5 cm³/mol. The first kappa shape index (κ1) is 12.1. The van der Waals surface area contributed by atoms with Crippen molar-refractivity contribution >= 4 is 6.03 Å². The van der Waals surface area contributed by atoms with Gasteiger partial charge < -0.3 is 10.2 Å². The number of carbonyl (C=O) groups excluding carboxylic acids is 1. The van der Waals surface area contributed by atoms with Crippen molar-refractivity contribution in [1.82, 2.24) is 10.2 Å². The second-order valence-electron chi connectivity index (χ2n) is 3.76. The van der Waals surface area contributed by atoms with E-state index >= 15 is 0 Å². The maximum absolute atomic E-state index is 12.1. The van der Waals surface area contributed by atoms with Gasteiger partial charge in [-0.05, 0) is 19.3 Å². The summed E-state index contributed by atoms with van der Waals surface area (Å²) >= 11 is 0. The zero-order valence-corrected chi connectivity index (χ0v) is 8.60. The first-order valence-corrected chi connectivity index (χ1v) is 5.04. The number of alkyl halides is 3. The molecular formula is C9H15F3N2O. The van der Waals surface area contributed by atoms with Gasteiger partial charge >= 0.3 is 12.2 Å². The van der Waals surface area contributed by atoms with Gasteiger partial charge in [-0.1, -0.05) is 6.92 Å². The summed E-state index contributed by atoms with van der Waals surface area (Å²) in [6.07, 6.45) is -2.06. The van der Waals surface area contributed by atoms with Crippen LogP contribution < -0.4 is 5.32 Å². The maximum Gasteiger partial charge on any atom is 0.406 e. The van der Waals surface area contributed by atoms with Gasteiger partial charge in [0, 0.05) is 12.6 Å². The molecule has 0 spiro atoms. The van der Waals surface area contributed by atoms with Crippen molar-refractivity contribution in [2.45, 2.75) is 38.4 Å². The Kier molecular flexibility index (Phi) is 3.82. The molecule has 0 atom stereocenters. The molecule has 1 aliphatic carbocycles. The molecule has 0 aliphatic heterocycles. The number of nitrogens with zero attached hydrogens (tertiary/aromatic N) is 1. The van der Waals surface area contributed by atoms with Crippen molar-refractivity contribution in [2.75, 3.05) is 13.1 Å². The molecule has 0 saturated heterocycles. The molecule has 15 heavy (non-hydrogen) atoms. The van der Waals surface area contributed by atoms with Crippen LogP contribution >= 0.6 is 0 Å². The van der Waals surface area contributed by atoms with Gasteiger partial charge in [0.2, 0.25) is 0 Å². The van der Waals surface area contributed by atoms with Gasteiger partial charge in [-0.15, -0.1) is 0 Å². The van der Waals surface area contributed by atoms with Crippen molar-refractivity contribution in [1.29, 1.82) is 0 Å². The highest BCUT2D eigenvalue weighted by Crippen LogP contribution is 2.20. The van der Waals surface area contributed by atoms with Gasteiger partial charge in [-0.2, -0.15) is 13.2 Å². The summed E-state index contributed by atoms with van der Waals surface area (Å²) in [5.74, 6) is 0. The Morgan fingerprint density at radius 1 is 1.47 bits per heavy atom. The number of hydrogen-bond acceptors (Lipinski definition) is 1. The Balaban J connectivity index is 2.43. The summed E-state index contributed by atoms with van der Waals surface area (Å²) in [6, 6.07) is -0.512. The van der Waals surface area contributed by atoms with Crippen LogP contribution in [0.2, 0.25) is 0 Å². The molecule has 0 unspecified atom stereocenters. The molecule has 0 aromatic rings. The molecule has 0 heterocycles. The SMILES string of the molecule is CCCN(CC(F)(F)F)C(=O)NC1CC1. The van der Waals surface area contributed by atoms with Crippen LogP contribution in [0.5, 0.6) is 0 Å². The van der Waals surface area contributed by atoms with Crippen molar-refractivity contribution in [3.8, 4) is 0 Å². The fraction of sp³-hybridized carbons (Fsp3) is 0.889. The van der Waals surface area contributed by atoms with E-state index in [1.807, 2.05) is 0 Å². The number of hydrogen-bond donors (Lipinski definition) is 1. The number of amides is 2. The van der Waals surface area contributed by atoms with Crippen LogP contribution in [-0.4, -0.2) is 36.2 Å². The number of nitrogens with one attached hydrogen (secondary N) is 1. The van der Waals surface area contributed by atoms with Gasteiger partial charge in [0.15, 0.2) is 0 Å². The molecule has 3 nitrogen and oxygen atoms in total. The lowest BCUT2D eigenvalue weighted by Gasteiger charge is -2.23. The molecule has 0 radical (unpaired) electrons. The molecule has 1 rings (SSSR count). The molecule has 0 aromatic heterocycles. The molecule has 88 valence electrons. The Morgan fingerprint density at radius 2 is 2.07 bits per heavy atom. The normalized spacial score (nSPS) is 16.3. The summed E-state index contributed by atoms with van der Waals surface area (Å²) in [4.78, 5) is 12.2. The van der Waals surface area contributed by atoms with E-state index in [0.717, 1.165) is 17.7 Å². The van der Waals surface area contributed by atoms with Crippen molar-refractivity contribution in [2.24, 2.45) is 0 Å². The molecular weight excluding hydrogens is 209 g/mol. The highest BCUT2D eigenvalue weighted by Gasteiger charge is 2.34. The summed E-state index contributed by atoms with van der Waals surface area (Å²) in [7, 11) is 0. The van der Waals surface area contributed by atoms with Crippen LogP contribution in [0.1, 0.15) is 26.2 Å². The third-order valence-electron chi connectivity index (χ3n) is 2.06. The lowest BCUT2D eigenvalue weighted by Crippen LogP contribution is -2.45.